The lowest BCUT2D eigenvalue weighted by Crippen LogP contribution is -2.37. The molecule has 30 heavy (non-hydrogen) atoms. The molecule has 0 unspecified atom stereocenters. The largest absolute Gasteiger partial charge is 0.497 e. The molecule has 156 valence electrons. The van der Waals surface area contributed by atoms with Gasteiger partial charge >= 0.3 is 0 Å². The standard InChI is InChI=1S/C23H24N2O5/c1-29-17-9-10-20(30-2)15(13-17)14-25(16-7-8-16)21(26)11-12-24-22(27)18-5-3-4-6-19(18)23(24)28/h3-6,9-10,13,16H,7-8,11-12,14H2,1-2H3. The van der Waals surface area contributed by atoms with Crippen molar-refractivity contribution in [1.82, 2.24) is 9.80 Å². The molecule has 7 nitrogen and oxygen atoms in total. The van der Waals surface area contributed by atoms with Crippen LogP contribution >= 0.6 is 0 Å². The Balaban J connectivity index is 1.46. The lowest BCUT2D eigenvalue weighted by molar-refractivity contribution is -0.132. The lowest BCUT2D eigenvalue weighted by atomic mass is 10.1. The van der Waals surface area contributed by atoms with Gasteiger partial charge in [-0.15, -0.1) is 0 Å². The van der Waals surface area contributed by atoms with Crippen molar-refractivity contribution >= 4 is 17.7 Å². The molecule has 1 aliphatic carbocycles. The van der Waals surface area contributed by atoms with Crippen molar-refractivity contribution in [2.75, 3.05) is 20.8 Å². The molecule has 2 aromatic carbocycles. The quantitative estimate of drug-likeness (QED) is 0.628. The van der Waals surface area contributed by atoms with E-state index in [4.69, 9.17) is 9.47 Å². The highest BCUT2D eigenvalue weighted by atomic mass is 16.5. The van der Waals surface area contributed by atoms with Crippen LogP contribution in [0.5, 0.6) is 11.5 Å². The van der Waals surface area contributed by atoms with Gasteiger partial charge in [0.2, 0.25) is 5.91 Å². The zero-order chi connectivity index (χ0) is 21.3. The fourth-order valence-corrected chi connectivity index (χ4v) is 3.79. The fourth-order valence-electron chi connectivity index (χ4n) is 3.79. The molecule has 0 saturated heterocycles. The van der Waals surface area contributed by atoms with Gasteiger partial charge in [-0.25, -0.2) is 0 Å². The highest BCUT2D eigenvalue weighted by Gasteiger charge is 2.37. The van der Waals surface area contributed by atoms with Gasteiger partial charge in [0.25, 0.3) is 11.8 Å². The number of ether oxygens (including phenoxy) is 2. The summed E-state index contributed by atoms with van der Waals surface area (Å²) >= 11 is 0. The molecule has 1 saturated carbocycles. The molecule has 1 heterocycles. The molecule has 7 heteroatoms. The second-order valence-corrected chi connectivity index (χ2v) is 7.49. The third kappa shape index (κ3) is 3.75. The molecule has 1 fully saturated rings. The highest BCUT2D eigenvalue weighted by molar-refractivity contribution is 6.21. The van der Waals surface area contributed by atoms with Crippen LogP contribution in [0.25, 0.3) is 0 Å². The van der Waals surface area contributed by atoms with Crippen molar-refractivity contribution in [3.63, 3.8) is 0 Å². The number of amides is 3. The van der Waals surface area contributed by atoms with Gasteiger partial charge in [0.1, 0.15) is 11.5 Å². The molecule has 0 radical (unpaired) electrons. The van der Waals surface area contributed by atoms with Crippen LogP contribution in [-0.4, -0.2) is 54.3 Å². The Labute approximate surface area is 175 Å². The zero-order valence-corrected chi connectivity index (χ0v) is 17.1. The number of nitrogens with zero attached hydrogens (tertiary/aromatic N) is 2. The van der Waals surface area contributed by atoms with Crippen LogP contribution in [0.1, 0.15) is 45.5 Å². The first-order valence-electron chi connectivity index (χ1n) is 9.99. The SMILES string of the molecule is COc1ccc(OC)c(CN(C(=O)CCN2C(=O)c3ccccc3C2=O)C2CC2)c1. The number of imide groups is 1. The second-order valence-electron chi connectivity index (χ2n) is 7.49. The summed E-state index contributed by atoms with van der Waals surface area (Å²) < 4.78 is 10.7. The van der Waals surface area contributed by atoms with E-state index in [1.165, 1.54) is 4.90 Å². The van der Waals surface area contributed by atoms with Gasteiger partial charge in [0.15, 0.2) is 0 Å². The van der Waals surface area contributed by atoms with Crippen molar-refractivity contribution in [1.29, 1.82) is 0 Å². The fraction of sp³-hybridized carbons (Fsp3) is 0.348. The van der Waals surface area contributed by atoms with Crippen molar-refractivity contribution in [3.05, 3.63) is 59.2 Å². The monoisotopic (exact) mass is 408 g/mol. The Morgan fingerprint density at radius 3 is 2.27 bits per heavy atom. The summed E-state index contributed by atoms with van der Waals surface area (Å²) in [5.41, 5.74) is 1.66. The van der Waals surface area contributed by atoms with Gasteiger partial charge < -0.3 is 14.4 Å². The molecule has 4 rings (SSSR count). The first kappa shape index (κ1) is 19.9. The minimum absolute atomic E-state index is 0.0731. The number of benzene rings is 2. The normalized spacial score (nSPS) is 15.2. The summed E-state index contributed by atoms with van der Waals surface area (Å²) in [6.07, 6.45) is 1.99. The van der Waals surface area contributed by atoms with Crippen molar-refractivity contribution in [2.45, 2.75) is 31.8 Å². The molecular formula is C23H24N2O5. The summed E-state index contributed by atoms with van der Waals surface area (Å²) in [5, 5.41) is 0. The van der Waals surface area contributed by atoms with Crippen LogP contribution in [0.3, 0.4) is 0 Å². The third-order valence-corrected chi connectivity index (χ3v) is 5.56. The van der Waals surface area contributed by atoms with Crippen LogP contribution in [0.2, 0.25) is 0 Å². The molecule has 2 aliphatic rings. The molecule has 0 bridgehead atoms. The van der Waals surface area contributed by atoms with Gasteiger partial charge in [-0.2, -0.15) is 0 Å². The molecule has 0 aromatic heterocycles. The predicted octanol–water partition coefficient (Wildman–Crippen LogP) is 2.88. The predicted molar refractivity (Wildman–Crippen MR) is 110 cm³/mol. The first-order chi connectivity index (χ1) is 14.5. The summed E-state index contributed by atoms with van der Waals surface area (Å²) in [4.78, 5) is 41.1. The zero-order valence-electron chi connectivity index (χ0n) is 17.1. The average molecular weight is 408 g/mol. The maximum absolute atomic E-state index is 13.0. The Morgan fingerprint density at radius 2 is 1.70 bits per heavy atom. The third-order valence-electron chi connectivity index (χ3n) is 5.56. The number of carbonyl (C=O) groups excluding carboxylic acids is 3. The maximum atomic E-state index is 13.0. The van der Waals surface area contributed by atoms with Crippen LogP contribution < -0.4 is 9.47 Å². The number of carbonyl (C=O) groups is 3. The van der Waals surface area contributed by atoms with Gasteiger partial charge in [0, 0.05) is 31.1 Å². The minimum atomic E-state index is -0.337. The smallest absolute Gasteiger partial charge is 0.261 e. The summed E-state index contributed by atoms with van der Waals surface area (Å²) in [7, 11) is 3.19. The van der Waals surface area contributed by atoms with E-state index in [1.54, 1.807) is 38.5 Å². The number of hydrogen-bond donors (Lipinski definition) is 0. The van der Waals surface area contributed by atoms with Gasteiger partial charge in [-0.05, 0) is 43.2 Å². The van der Waals surface area contributed by atoms with Gasteiger partial charge in [-0.1, -0.05) is 12.1 Å². The van der Waals surface area contributed by atoms with Gasteiger partial charge in [0.05, 0.1) is 25.3 Å². The molecule has 0 N–H and O–H groups in total. The van der Waals surface area contributed by atoms with E-state index in [-0.39, 0.29) is 36.7 Å². The molecule has 2 aromatic rings. The molecule has 0 atom stereocenters. The van der Waals surface area contributed by atoms with Crippen LogP contribution in [-0.2, 0) is 11.3 Å². The molecular weight excluding hydrogens is 384 g/mol. The van der Waals surface area contributed by atoms with E-state index < -0.39 is 0 Å². The molecule has 3 amide bonds. The Morgan fingerprint density at radius 1 is 1.03 bits per heavy atom. The summed E-state index contributed by atoms with van der Waals surface area (Å²) in [5.74, 6) is 0.625. The summed E-state index contributed by atoms with van der Waals surface area (Å²) in [6, 6.07) is 12.4. The second kappa shape index (κ2) is 8.18. The Hall–Kier alpha value is -3.35. The number of hydrogen-bond acceptors (Lipinski definition) is 5. The topological polar surface area (TPSA) is 76.2 Å². The molecule has 0 spiro atoms. The maximum Gasteiger partial charge on any atom is 0.261 e. The van der Waals surface area contributed by atoms with E-state index in [0.717, 1.165) is 18.4 Å². The first-order valence-corrected chi connectivity index (χ1v) is 9.99. The van der Waals surface area contributed by atoms with Gasteiger partial charge in [-0.3, -0.25) is 19.3 Å². The van der Waals surface area contributed by atoms with Crippen LogP contribution in [0, 0.1) is 0 Å². The van der Waals surface area contributed by atoms with Crippen molar-refractivity contribution < 1.29 is 23.9 Å². The summed E-state index contributed by atoms with van der Waals surface area (Å²) in [6.45, 7) is 0.468. The Bertz CT molecular complexity index is 964. The number of methoxy groups -OCH3 is 2. The van der Waals surface area contributed by atoms with E-state index in [1.807, 2.05) is 23.1 Å². The highest BCUT2D eigenvalue weighted by Crippen LogP contribution is 2.32. The van der Waals surface area contributed by atoms with E-state index in [9.17, 15) is 14.4 Å². The van der Waals surface area contributed by atoms with Crippen LogP contribution in [0.15, 0.2) is 42.5 Å². The lowest BCUT2D eigenvalue weighted by Gasteiger charge is -2.25. The van der Waals surface area contributed by atoms with E-state index in [2.05, 4.69) is 0 Å². The van der Waals surface area contributed by atoms with E-state index >= 15 is 0 Å². The molecule has 1 aliphatic heterocycles. The number of rotatable bonds is 8. The number of fused-ring (bicyclic) bond motifs is 1. The Kier molecular flexibility index (Phi) is 5.44. The van der Waals surface area contributed by atoms with E-state index in [0.29, 0.717) is 29.2 Å². The van der Waals surface area contributed by atoms with Crippen LogP contribution in [0.4, 0.5) is 0 Å². The van der Waals surface area contributed by atoms with Crippen molar-refractivity contribution in [2.24, 2.45) is 0 Å². The minimum Gasteiger partial charge on any atom is -0.497 e. The van der Waals surface area contributed by atoms with Crippen molar-refractivity contribution in [3.8, 4) is 11.5 Å². The average Bonchev–Trinajstić information content (AvgIpc) is 3.58.